The molecule has 0 atom stereocenters. The molecule has 1 N–H and O–H groups in total. The summed E-state index contributed by atoms with van der Waals surface area (Å²) in [5, 5.41) is 8.52. The van der Waals surface area contributed by atoms with Crippen molar-refractivity contribution in [3.05, 3.63) is 36.5 Å². The van der Waals surface area contributed by atoms with Gasteiger partial charge in [-0.1, -0.05) is 81.9 Å². The molecule has 24 heavy (non-hydrogen) atoms. The van der Waals surface area contributed by atoms with E-state index in [4.69, 9.17) is 5.11 Å². The zero-order valence-electron chi connectivity index (χ0n) is 15.7. The Labute approximate surface area is 149 Å². The molecule has 2 heteroatoms. The Morgan fingerprint density at radius 1 is 0.667 bits per heavy atom. The van der Waals surface area contributed by atoms with Crippen LogP contribution in [0.5, 0.6) is 0 Å². The van der Waals surface area contributed by atoms with Gasteiger partial charge in [0.25, 0.3) is 0 Å². The van der Waals surface area contributed by atoms with E-state index in [1.54, 1.807) is 0 Å². The molecule has 0 aliphatic carbocycles. The third kappa shape index (κ3) is 20.7. The highest BCUT2D eigenvalue weighted by atomic mass is 16.4. The van der Waals surface area contributed by atoms with Gasteiger partial charge in [-0.05, 0) is 44.9 Å². The number of rotatable bonds is 17. The van der Waals surface area contributed by atoms with Crippen molar-refractivity contribution in [2.45, 2.75) is 96.8 Å². The lowest BCUT2D eigenvalue weighted by Gasteiger charge is -1.98. The molecule has 0 rings (SSSR count). The number of carbonyl (C=O) groups is 1. The number of hydrogen-bond donors (Lipinski definition) is 1. The largest absolute Gasteiger partial charge is 0.481 e. The summed E-state index contributed by atoms with van der Waals surface area (Å²) in [6.07, 6.45) is 29.2. The van der Waals surface area contributed by atoms with Gasteiger partial charge in [-0.2, -0.15) is 0 Å². The van der Waals surface area contributed by atoms with Gasteiger partial charge in [-0.15, -0.1) is 0 Å². The maximum absolute atomic E-state index is 10.3. The first-order valence-electron chi connectivity index (χ1n) is 9.94. The summed E-state index contributed by atoms with van der Waals surface area (Å²) in [5.74, 6) is -0.693. The summed E-state index contributed by atoms with van der Waals surface area (Å²) in [4.78, 5) is 10.3. The lowest BCUT2D eigenvalue weighted by Crippen LogP contribution is -1.92. The molecule has 138 valence electrons. The van der Waals surface area contributed by atoms with Crippen molar-refractivity contribution in [3.8, 4) is 0 Å². The van der Waals surface area contributed by atoms with E-state index in [0.717, 1.165) is 32.1 Å². The van der Waals surface area contributed by atoms with Crippen molar-refractivity contribution in [3.63, 3.8) is 0 Å². The molecule has 0 bridgehead atoms. The summed E-state index contributed by atoms with van der Waals surface area (Å²) in [7, 11) is 0. The quantitative estimate of drug-likeness (QED) is 0.225. The van der Waals surface area contributed by atoms with Crippen molar-refractivity contribution >= 4 is 5.97 Å². The summed E-state index contributed by atoms with van der Waals surface area (Å²) >= 11 is 0. The van der Waals surface area contributed by atoms with Crippen LogP contribution >= 0.6 is 0 Å². The zero-order chi connectivity index (χ0) is 17.7. The molecule has 0 saturated heterocycles. The summed E-state index contributed by atoms with van der Waals surface area (Å²) in [5.41, 5.74) is 0. The van der Waals surface area contributed by atoms with Gasteiger partial charge in [0.1, 0.15) is 0 Å². The molecule has 0 heterocycles. The Morgan fingerprint density at radius 3 is 1.67 bits per heavy atom. The first-order chi connectivity index (χ1) is 11.8. The molecular weight excluding hydrogens is 296 g/mol. The monoisotopic (exact) mass is 334 g/mol. The van der Waals surface area contributed by atoms with Gasteiger partial charge in [0.15, 0.2) is 0 Å². The van der Waals surface area contributed by atoms with Gasteiger partial charge in [0, 0.05) is 6.42 Å². The average molecular weight is 335 g/mol. The minimum Gasteiger partial charge on any atom is -0.481 e. The highest BCUT2D eigenvalue weighted by molar-refractivity contribution is 5.66. The van der Waals surface area contributed by atoms with Gasteiger partial charge in [-0.3, -0.25) is 4.79 Å². The maximum Gasteiger partial charge on any atom is 0.303 e. The fourth-order valence-corrected chi connectivity index (χ4v) is 2.54. The molecule has 2 nitrogen and oxygen atoms in total. The van der Waals surface area contributed by atoms with E-state index in [9.17, 15) is 4.79 Å². The third-order valence-electron chi connectivity index (χ3n) is 4.03. The molecule has 0 aromatic carbocycles. The molecule has 0 aliphatic heterocycles. The Hall–Kier alpha value is -1.31. The van der Waals surface area contributed by atoms with Crippen LogP contribution in [0.15, 0.2) is 36.5 Å². The molecule has 0 unspecified atom stereocenters. The summed E-state index contributed by atoms with van der Waals surface area (Å²) in [6, 6.07) is 0. The molecule has 0 aromatic rings. The summed E-state index contributed by atoms with van der Waals surface area (Å²) < 4.78 is 0. The molecular formula is C22H38O2. The Morgan fingerprint density at radius 2 is 1.12 bits per heavy atom. The van der Waals surface area contributed by atoms with E-state index in [2.05, 4.69) is 43.4 Å². The van der Waals surface area contributed by atoms with Crippen molar-refractivity contribution < 1.29 is 9.90 Å². The molecule has 0 saturated carbocycles. The first kappa shape index (κ1) is 22.7. The van der Waals surface area contributed by atoms with Crippen LogP contribution < -0.4 is 0 Å². The van der Waals surface area contributed by atoms with Crippen LogP contribution in [0.3, 0.4) is 0 Å². The van der Waals surface area contributed by atoms with E-state index < -0.39 is 5.97 Å². The predicted octanol–water partition coefficient (Wildman–Crippen LogP) is 7.22. The molecule has 0 amide bonds. The minimum atomic E-state index is -0.693. The first-order valence-corrected chi connectivity index (χ1v) is 9.94. The van der Waals surface area contributed by atoms with E-state index in [1.165, 1.54) is 51.4 Å². The van der Waals surface area contributed by atoms with Crippen molar-refractivity contribution in [2.75, 3.05) is 0 Å². The topological polar surface area (TPSA) is 37.3 Å². The molecule has 0 fully saturated rings. The van der Waals surface area contributed by atoms with Crippen LogP contribution in [0.1, 0.15) is 96.8 Å². The van der Waals surface area contributed by atoms with Crippen molar-refractivity contribution in [2.24, 2.45) is 0 Å². The maximum atomic E-state index is 10.3. The molecule has 0 spiro atoms. The van der Waals surface area contributed by atoms with Crippen LogP contribution in [0, 0.1) is 0 Å². The van der Waals surface area contributed by atoms with Crippen LogP contribution in [0.25, 0.3) is 0 Å². The fraction of sp³-hybridized carbons (Fsp3) is 0.682. The zero-order valence-corrected chi connectivity index (χ0v) is 15.7. The third-order valence-corrected chi connectivity index (χ3v) is 4.03. The second-order valence-electron chi connectivity index (χ2n) is 6.44. The number of allylic oxidation sites excluding steroid dienone is 6. The Balaban J connectivity index is 3.28. The van der Waals surface area contributed by atoms with Crippen molar-refractivity contribution in [1.82, 2.24) is 0 Å². The standard InChI is InChI=1S/C22H38O2/c1-2-3-4-5-6-7-8-9-10-11-12-13-14-15-16-17-18-19-20-21-22(23)24/h10-11,13-14,16-17H,2-9,12,15,18-21H2,1H3,(H,23,24)/b11-10-,14-13-,17-16-. The smallest absolute Gasteiger partial charge is 0.303 e. The SMILES string of the molecule is CCCCCCCCC/C=C\C/C=C\C/C=C\CCCCC(=O)O. The van der Waals surface area contributed by atoms with Crippen LogP contribution in [0.2, 0.25) is 0 Å². The average Bonchev–Trinajstić information content (AvgIpc) is 2.56. The van der Waals surface area contributed by atoms with Crippen LogP contribution in [0.4, 0.5) is 0 Å². The lowest BCUT2D eigenvalue weighted by molar-refractivity contribution is -0.137. The summed E-state index contributed by atoms with van der Waals surface area (Å²) in [6.45, 7) is 2.26. The molecule has 0 aliphatic rings. The molecule has 0 aromatic heterocycles. The highest BCUT2D eigenvalue weighted by Gasteiger charge is 1.94. The fourth-order valence-electron chi connectivity index (χ4n) is 2.54. The molecule has 0 radical (unpaired) electrons. The van der Waals surface area contributed by atoms with Gasteiger partial charge >= 0.3 is 5.97 Å². The minimum absolute atomic E-state index is 0.291. The number of hydrogen-bond acceptors (Lipinski definition) is 1. The Kier molecular flexibility index (Phi) is 18.7. The number of carboxylic acids is 1. The highest BCUT2D eigenvalue weighted by Crippen LogP contribution is 2.08. The van der Waals surface area contributed by atoms with E-state index >= 15 is 0 Å². The van der Waals surface area contributed by atoms with Gasteiger partial charge in [0.2, 0.25) is 0 Å². The Bertz CT molecular complexity index is 353. The van der Waals surface area contributed by atoms with E-state index in [1.807, 2.05) is 0 Å². The predicted molar refractivity (Wildman–Crippen MR) is 105 cm³/mol. The van der Waals surface area contributed by atoms with Crippen LogP contribution in [-0.4, -0.2) is 11.1 Å². The van der Waals surface area contributed by atoms with E-state index in [0.29, 0.717) is 6.42 Å². The van der Waals surface area contributed by atoms with Gasteiger partial charge < -0.3 is 5.11 Å². The normalized spacial score (nSPS) is 12.0. The van der Waals surface area contributed by atoms with Gasteiger partial charge in [-0.25, -0.2) is 0 Å². The number of aliphatic carboxylic acids is 1. The van der Waals surface area contributed by atoms with Gasteiger partial charge in [0.05, 0.1) is 0 Å². The second-order valence-corrected chi connectivity index (χ2v) is 6.44. The van der Waals surface area contributed by atoms with E-state index in [-0.39, 0.29) is 0 Å². The number of unbranched alkanes of at least 4 members (excludes halogenated alkanes) is 9. The number of carboxylic acid groups (broad SMARTS) is 1. The second kappa shape index (κ2) is 19.7. The lowest BCUT2D eigenvalue weighted by atomic mass is 10.1. The van der Waals surface area contributed by atoms with Crippen LogP contribution in [-0.2, 0) is 4.79 Å². The van der Waals surface area contributed by atoms with Crippen molar-refractivity contribution in [1.29, 1.82) is 0 Å².